The molecule has 1 aliphatic heterocycles. The topological polar surface area (TPSA) is 92.9 Å². The second-order valence-corrected chi connectivity index (χ2v) is 8.24. The van der Waals surface area contributed by atoms with Crippen molar-refractivity contribution in [2.75, 3.05) is 12.0 Å². The highest BCUT2D eigenvalue weighted by atomic mass is 35.5. The molecule has 1 N–H and O–H groups in total. The monoisotopic (exact) mass is 474 g/mol. The fourth-order valence-corrected chi connectivity index (χ4v) is 4.41. The Balaban J connectivity index is 1.68. The summed E-state index contributed by atoms with van der Waals surface area (Å²) in [5.41, 5.74) is 1.97. The van der Waals surface area contributed by atoms with Crippen LogP contribution in [0.2, 0.25) is 5.02 Å². The highest BCUT2D eigenvalue weighted by molar-refractivity contribution is 6.32. The van der Waals surface area contributed by atoms with Crippen molar-refractivity contribution in [3.63, 3.8) is 0 Å². The number of rotatable bonds is 5. The standard InChI is InChI=1S/C26H19ClN2O5/c1-14-17(27)8-4-9-18(14)29-22(16-7-5-11-28-13-16)21(24(31)26(29)32)23(30)20-12-15-6-3-10-19(33-2)25(15)34-20/h3-13,22,31H,1-2H3. The van der Waals surface area contributed by atoms with Gasteiger partial charge in [0.05, 0.1) is 18.7 Å². The van der Waals surface area contributed by atoms with Gasteiger partial charge >= 0.3 is 0 Å². The van der Waals surface area contributed by atoms with Gasteiger partial charge in [0.25, 0.3) is 5.91 Å². The van der Waals surface area contributed by atoms with Gasteiger partial charge in [0.15, 0.2) is 22.9 Å². The van der Waals surface area contributed by atoms with Crippen molar-refractivity contribution < 1.29 is 23.8 Å². The van der Waals surface area contributed by atoms with Crippen molar-refractivity contribution in [1.82, 2.24) is 4.98 Å². The minimum atomic E-state index is -0.930. The predicted octanol–water partition coefficient (Wildman–Crippen LogP) is 5.58. The molecular formula is C26H19ClN2O5. The molecule has 0 radical (unpaired) electrons. The molecule has 0 fully saturated rings. The number of aromatic nitrogens is 1. The van der Waals surface area contributed by atoms with E-state index in [0.29, 0.717) is 38.6 Å². The molecule has 0 saturated carbocycles. The van der Waals surface area contributed by atoms with Gasteiger partial charge in [0.1, 0.15) is 0 Å². The number of ketones is 1. The van der Waals surface area contributed by atoms with Crippen molar-refractivity contribution in [2.24, 2.45) is 0 Å². The molecule has 0 spiro atoms. The number of methoxy groups -OCH3 is 1. The maximum Gasteiger partial charge on any atom is 0.294 e. The molecule has 4 aromatic rings. The van der Waals surface area contributed by atoms with Crippen LogP contribution in [-0.4, -0.2) is 28.9 Å². The molecule has 0 bridgehead atoms. The van der Waals surface area contributed by atoms with Crippen LogP contribution in [0.15, 0.2) is 82.7 Å². The second kappa shape index (κ2) is 8.35. The van der Waals surface area contributed by atoms with Crippen LogP contribution >= 0.6 is 11.6 Å². The van der Waals surface area contributed by atoms with Crippen LogP contribution in [0.25, 0.3) is 11.0 Å². The van der Waals surface area contributed by atoms with Gasteiger partial charge in [-0.2, -0.15) is 0 Å². The molecule has 0 saturated heterocycles. The number of hydrogen-bond acceptors (Lipinski definition) is 6. The summed E-state index contributed by atoms with van der Waals surface area (Å²) in [6, 6.07) is 14.5. The first-order valence-corrected chi connectivity index (χ1v) is 10.8. The molecule has 1 unspecified atom stereocenters. The summed E-state index contributed by atoms with van der Waals surface area (Å²) in [6.45, 7) is 1.77. The van der Waals surface area contributed by atoms with Crippen LogP contribution in [0.3, 0.4) is 0 Å². The minimum Gasteiger partial charge on any atom is -0.503 e. The Morgan fingerprint density at radius 1 is 1.18 bits per heavy atom. The van der Waals surface area contributed by atoms with Crippen molar-refractivity contribution >= 4 is 39.9 Å². The number of carbonyl (C=O) groups is 2. The van der Waals surface area contributed by atoms with Crippen LogP contribution in [0.5, 0.6) is 5.75 Å². The summed E-state index contributed by atoms with van der Waals surface area (Å²) < 4.78 is 11.2. The number of fused-ring (bicyclic) bond motifs is 1. The number of aliphatic hydroxyl groups is 1. The van der Waals surface area contributed by atoms with Gasteiger partial charge in [-0.1, -0.05) is 35.9 Å². The Morgan fingerprint density at radius 3 is 2.71 bits per heavy atom. The number of nitrogens with zero attached hydrogens (tertiary/aromatic N) is 2. The molecule has 8 heteroatoms. The summed E-state index contributed by atoms with van der Waals surface area (Å²) >= 11 is 6.32. The number of ether oxygens (including phenoxy) is 1. The fourth-order valence-electron chi connectivity index (χ4n) is 4.24. The third kappa shape index (κ3) is 3.33. The Labute approximate surface area is 199 Å². The smallest absolute Gasteiger partial charge is 0.294 e. The number of furan rings is 1. The number of benzene rings is 2. The quantitative estimate of drug-likeness (QED) is 0.379. The Bertz CT molecular complexity index is 1480. The molecule has 1 amide bonds. The molecule has 1 atom stereocenters. The molecule has 2 aromatic carbocycles. The Kier molecular flexibility index (Phi) is 5.34. The van der Waals surface area contributed by atoms with Gasteiger partial charge in [0, 0.05) is 28.5 Å². The lowest BCUT2D eigenvalue weighted by Crippen LogP contribution is -2.31. The number of Topliss-reactive ketones (excluding diaryl/α,β-unsaturated/α-hetero) is 1. The minimum absolute atomic E-state index is 0.0209. The summed E-state index contributed by atoms with van der Waals surface area (Å²) in [6.07, 6.45) is 3.14. The van der Waals surface area contributed by atoms with E-state index in [-0.39, 0.29) is 11.3 Å². The van der Waals surface area contributed by atoms with E-state index in [0.717, 1.165) is 0 Å². The Morgan fingerprint density at radius 2 is 1.97 bits per heavy atom. The lowest BCUT2D eigenvalue weighted by Gasteiger charge is -2.28. The number of amides is 1. The van der Waals surface area contributed by atoms with Crippen LogP contribution < -0.4 is 9.64 Å². The largest absolute Gasteiger partial charge is 0.503 e. The SMILES string of the molecule is COc1cccc2cc(C(=O)C3=C(O)C(=O)N(c4cccc(Cl)c4C)C3c3cccnc3)oc12. The van der Waals surface area contributed by atoms with Gasteiger partial charge in [-0.25, -0.2) is 0 Å². The van der Waals surface area contributed by atoms with Crippen LogP contribution in [0.4, 0.5) is 5.69 Å². The number of hydrogen-bond donors (Lipinski definition) is 1. The van der Waals surface area contributed by atoms with Gasteiger partial charge < -0.3 is 14.3 Å². The first-order valence-electron chi connectivity index (χ1n) is 10.5. The van der Waals surface area contributed by atoms with Gasteiger partial charge in [-0.05, 0) is 48.4 Å². The van der Waals surface area contributed by atoms with E-state index in [2.05, 4.69) is 4.98 Å². The van der Waals surface area contributed by atoms with Gasteiger partial charge in [-0.3, -0.25) is 19.5 Å². The molecule has 34 heavy (non-hydrogen) atoms. The third-order valence-electron chi connectivity index (χ3n) is 5.90. The number of aliphatic hydroxyl groups excluding tert-OH is 1. The predicted molar refractivity (Wildman–Crippen MR) is 127 cm³/mol. The molecule has 2 aromatic heterocycles. The number of halogens is 1. The normalized spacial score (nSPS) is 15.9. The number of carbonyl (C=O) groups excluding carboxylic acids is 2. The lowest BCUT2D eigenvalue weighted by atomic mass is 9.95. The van der Waals surface area contributed by atoms with Gasteiger partial charge in [0.2, 0.25) is 5.78 Å². The number of pyridine rings is 1. The lowest BCUT2D eigenvalue weighted by molar-refractivity contribution is -0.117. The number of para-hydroxylation sites is 1. The second-order valence-electron chi connectivity index (χ2n) is 7.83. The highest BCUT2D eigenvalue weighted by Crippen LogP contribution is 2.44. The van der Waals surface area contributed by atoms with E-state index >= 15 is 0 Å². The molecule has 5 rings (SSSR count). The molecular weight excluding hydrogens is 456 g/mol. The van der Waals surface area contributed by atoms with Crippen LogP contribution in [-0.2, 0) is 4.79 Å². The van der Waals surface area contributed by atoms with E-state index in [1.54, 1.807) is 73.9 Å². The van der Waals surface area contributed by atoms with Gasteiger partial charge in [-0.15, -0.1) is 0 Å². The van der Waals surface area contributed by atoms with E-state index in [4.69, 9.17) is 20.8 Å². The highest BCUT2D eigenvalue weighted by Gasteiger charge is 2.46. The number of anilines is 1. The molecule has 170 valence electrons. The summed E-state index contributed by atoms with van der Waals surface area (Å²) in [5.74, 6) is -1.52. The summed E-state index contributed by atoms with van der Waals surface area (Å²) in [7, 11) is 1.51. The van der Waals surface area contributed by atoms with Crippen molar-refractivity contribution in [3.05, 3.63) is 100 Å². The maximum absolute atomic E-state index is 13.7. The molecule has 7 nitrogen and oxygen atoms in total. The first kappa shape index (κ1) is 21.7. The van der Waals surface area contributed by atoms with Crippen LogP contribution in [0.1, 0.15) is 27.7 Å². The van der Waals surface area contributed by atoms with Crippen LogP contribution in [0, 0.1) is 6.92 Å². The van der Waals surface area contributed by atoms with E-state index < -0.39 is 23.5 Å². The Hall–Kier alpha value is -4.10. The average Bonchev–Trinajstić information content (AvgIpc) is 3.40. The molecule has 0 aliphatic carbocycles. The maximum atomic E-state index is 13.7. The van der Waals surface area contributed by atoms with E-state index in [1.165, 1.54) is 12.0 Å². The first-order chi connectivity index (χ1) is 16.4. The van der Waals surface area contributed by atoms with Crippen molar-refractivity contribution in [2.45, 2.75) is 13.0 Å². The summed E-state index contributed by atoms with van der Waals surface area (Å²) in [4.78, 5) is 32.5. The fraction of sp³-hybridized carbons (Fsp3) is 0.115. The average molecular weight is 475 g/mol. The molecule has 3 heterocycles. The van der Waals surface area contributed by atoms with Crippen molar-refractivity contribution in [3.8, 4) is 5.75 Å². The zero-order chi connectivity index (χ0) is 24.0. The van der Waals surface area contributed by atoms with E-state index in [1.807, 2.05) is 0 Å². The van der Waals surface area contributed by atoms with E-state index in [9.17, 15) is 14.7 Å². The molecule has 1 aliphatic rings. The zero-order valence-electron chi connectivity index (χ0n) is 18.3. The zero-order valence-corrected chi connectivity index (χ0v) is 19.0. The summed E-state index contributed by atoms with van der Waals surface area (Å²) in [5, 5.41) is 12.1. The third-order valence-corrected chi connectivity index (χ3v) is 6.31. The van der Waals surface area contributed by atoms with Crippen molar-refractivity contribution in [1.29, 1.82) is 0 Å².